The zero-order valence-corrected chi connectivity index (χ0v) is 13.2. The molecular formula is C13H18N2O3S2. The quantitative estimate of drug-likeness (QED) is 0.921. The van der Waals surface area contributed by atoms with Gasteiger partial charge in [0.1, 0.15) is 4.88 Å². The van der Waals surface area contributed by atoms with E-state index in [0.29, 0.717) is 17.2 Å². The van der Waals surface area contributed by atoms with Gasteiger partial charge in [0.05, 0.1) is 23.2 Å². The normalized spacial score (nSPS) is 19.1. The molecule has 0 radical (unpaired) electrons. The highest BCUT2D eigenvalue weighted by atomic mass is 32.2. The summed E-state index contributed by atoms with van der Waals surface area (Å²) in [7, 11) is 0. The lowest BCUT2D eigenvalue weighted by molar-refractivity contribution is -0.138. The van der Waals surface area contributed by atoms with Crippen LogP contribution in [0.5, 0.6) is 0 Å². The van der Waals surface area contributed by atoms with E-state index < -0.39 is 5.97 Å². The Labute approximate surface area is 126 Å². The van der Waals surface area contributed by atoms with E-state index in [4.69, 9.17) is 5.11 Å². The van der Waals surface area contributed by atoms with Crippen LogP contribution in [0.25, 0.3) is 0 Å². The van der Waals surface area contributed by atoms with Gasteiger partial charge in [0.25, 0.3) is 5.91 Å². The second kappa shape index (κ2) is 6.58. The van der Waals surface area contributed by atoms with Crippen molar-refractivity contribution < 1.29 is 14.7 Å². The molecular weight excluding hydrogens is 296 g/mol. The minimum absolute atomic E-state index is 0.0111. The van der Waals surface area contributed by atoms with Crippen molar-refractivity contribution in [2.75, 3.05) is 18.1 Å². The number of thiazole rings is 1. The van der Waals surface area contributed by atoms with Crippen LogP contribution in [0.3, 0.4) is 0 Å². The summed E-state index contributed by atoms with van der Waals surface area (Å²) in [6.07, 6.45) is 0.824. The summed E-state index contributed by atoms with van der Waals surface area (Å²) in [5.41, 5.74) is 0.754. The molecule has 2 heterocycles. The van der Waals surface area contributed by atoms with Crippen molar-refractivity contribution in [2.45, 2.75) is 32.7 Å². The van der Waals surface area contributed by atoms with Crippen LogP contribution < -0.4 is 0 Å². The van der Waals surface area contributed by atoms with Gasteiger partial charge in [-0.2, -0.15) is 11.8 Å². The number of carboxylic acid groups (broad SMARTS) is 1. The van der Waals surface area contributed by atoms with E-state index in [9.17, 15) is 9.59 Å². The molecule has 2 rings (SSSR count). The van der Waals surface area contributed by atoms with Crippen molar-refractivity contribution in [2.24, 2.45) is 0 Å². The Bertz CT molecular complexity index is 516. The summed E-state index contributed by atoms with van der Waals surface area (Å²) in [4.78, 5) is 30.3. The average molecular weight is 314 g/mol. The molecule has 5 nitrogen and oxygen atoms in total. The van der Waals surface area contributed by atoms with Crippen molar-refractivity contribution in [3.63, 3.8) is 0 Å². The van der Waals surface area contributed by atoms with Crippen LogP contribution in [-0.2, 0) is 11.2 Å². The molecule has 20 heavy (non-hydrogen) atoms. The van der Waals surface area contributed by atoms with Crippen LogP contribution in [0.2, 0.25) is 0 Å². The number of hydrogen-bond donors (Lipinski definition) is 1. The third-order valence-electron chi connectivity index (χ3n) is 3.24. The van der Waals surface area contributed by atoms with Gasteiger partial charge in [0.2, 0.25) is 0 Å². The fraction of sp³-hybridized carbons (Fsp3) is 0.615. The molecule has 0 aromatic carbocycles. The summed E-state index contributed by atoms with van der Waals surface area (Å²) in [5.74, 6) is 0.633. The maximum atomic E-state index is 12.6. The summed E-state index contributed by atoms with van der Waals surface area (Å²) in [6, 6.07) is -0.217. The molecule has 1 N–H and O–H groups in total. The molecule has 0 saturated carbocycles. The number of carbonyl (C=O) groups excluding carboxylic acids is 1. The Balaban J connectivity index is 2.20. The number of thioether (sulfide) groups is 1. The number of hydrogen-bond acceptors (Lipinski definition) is 5. The van der Waals surface area contributed by atoms with Crippen molar-refractivity contribution in [3.05, 3.63) is 15.6 Å². The first-order valence-corrected chi connectivity index (χ1v) is 8.56. The zero-order chi connectivity index (χ0) is 14.7. The second-order valence-corrected chi connectivity index (χ2v) is 6.93. The lowest BCUT2D eigenvalue weighted by Crippen LogP contribution is -2.47. The summed E-state index contributed by atoms with van der Waals surface area (Å²) in [6.45, 7) is 4.46. The number of amides is 1. The molecule has 1 aliphatic rings. The van der Waals surface area contributed by atoms with Gasteiger partial charge in [-0.25, -0.2) is 4.98 Å². The minimum atomic E-state index is -0.856. The number of carboxylic acids is 1. The summed E-state index contributed by atoms with van der Waals surface area (Å²) < 4.78 is 0. The Hall–Kier alpha value is -1.08. The van der Waals surface area contributed by atoms with Gasteiger partial charge in [-0.3, -0.25) is 9.59 Å². The van der Waals surface area contributed by atoms with Gasteiger partial charge in [-0.1, -0.05) is 6.92 Å². The highest BCUT2D eigenvalue weighted by Crippen LogP contribution is 2.25. The zero-order valence-electron chi connectivity index (χ0n) is 11.6. The Morgan fingerprint density at radius 1 is 1.50 bits per heavy atom. The molecule has 0 spiro atoms. The molecule has 1 unspecified atom stereocenters. The van der Waals surface area contributed by atoms with Gasteiger partial charge in [-0.15, -0.1) is 11.3 Å². The number of rotatable bonds is 4. The van der Waals surface area contributed by atoms with Crippen molar-refractivity contribution in [1.82, 2.24) is 9.88 Å². The Morgan fingerprint density at radius 2 is 2.25 bits per heavy atom. The molecule has 7 heteroatoms. The lowest BCUT2D eigenvalue weighted by Gasteiger charge is -2.34. The van der Waals surface area contributed by atoms with E-state index in [2.05, 4.69) is 4.98 Å². The van der Waals surface area contributed by atoms with E-state index in [0.717, 1.165) is 22.9 Å². The van der Waals surface area contributed by atoms with Gasteiger partial charge >= 0.3 is 5.97 Å². The van der Waals surface area contributed by atoms with E-state index in [1.165, 1.54) is 11.3 Å². The summed E-state index contributed by atoms with van der Waals surface area (Å²) in [5, 5.41) is 9.93. The monoisotopic (exact) mass is 314 g/mol. The van der Waals surface area contributed by atoms with Gasteiger partial charge in [0, 0.05) is 18.1 Å². The fourth-order valence-electron chi connectivity index (χ4n) is 2.23. The lowest BCUT2D eigenvalue weighted by atomic mass is 10.2. The highest BCUT2D eigenvalue weighted by Gasteiger charge is 2.31. The highest BCUT2D eigenvalue weighted by molar-refractivity contribution is 7.99. The van der Waals surface area contributed by atoms with Crippen molar-refractivity contribution >= 4 is 35.0 Å². The Kier molecular flexibility index (Phi) is 5.04. The smallest absolute Gasteiger partial charge is 0.305 e. The van der Waals surface area contributed by atoms with Crippen molar-refractivity contribution in [1.29, 1.82) is 0 Å². The topological polar surface area (TPSA) is 70.5 Å². The minimum Gasteiger partial charge on any atom is -0.481 e. The average Bonchev–Trinajstić information content (AvgIpc) is 2.79. The predicted octanol–water partition coefficient (Wildman–Crippen LogP) is 2.05. The first kappa shape index (κ1) is 15.3. The predicted molar refractivity (Wildman–Crippen MR) is 80.6 cm³/mol. The Morgan fingerprint density at radius 3 is 2.85 bits per heavy atom. The summed E-state index contributed by atoms with van der Waals surface area (Å²) >= 11 is 3.13. The molecule has 1 fully saturated rings. The molecule has 1 amide bonds. The third kappa shape index (κ3) is 3.32. The van der Waals surface area contributed by atoms with Gasteiger partial charge < -0.3 is 10.0 Å². The van der Waals surface area contributed by atoms with Crippen LogP contribution in [0.4, 0.5) is 0 Å². The van der Waals surface area contributed by atoms with Crippen LogP contribution in [0.15, 0.2) is 0 Å². The van der Waals surface area contributed by atoms with E-state index in [1.807, 2.05) is 13.8 Å². The number of aromatic nitrogens is 1. The van der Waals surface area contributed by atoms with Crippen LogP contribution >= 0.6 is 23.1 Å². The van der Waals surface area contributed by atoms with E-state index >= 15 is 0 Å². The SMILES string of the molecule is CCc1nc(C)c(C(=O)N2CCSCC2CC(=O)O)s1. The number of aliphatic carboxylic acids is 1. The van der Waals surface area contributed by atoms with Crippen LogP contribution in [0, 0.1) is 6.92 Å². The second-order valence-electron chi connectivity index (χ2n) is 4.70. The fourth-order valence-corrected chi connectivity index (χ4v) is 4.25. The molecule has 1 atom stereocenters. The first-order chi connectivity index (χ1) is 9.52. The third-order valence-corrected chi connectivity index (χ3v) is 5.62. The van der Waals surface area contributed by atoms with Crippen LogP contribution in [0.1, 0.15) is 33.7 Å². The van der Waals surface area contributed by atoms with E-state index in [1.54, 1.807) is 16.7 Å². The van der Waals surface area contributed by atoms with Gasteiger partial charge in [0.15, 0.2) is 0 Å². The number of carbonyl (C=O) groups is 2. The molecule has 1 aromatic heterocycles. The standard InChI is InChI=1S/C13H18N2O3S2/c1-3-10-14-8(2)12(20-10)13(18)15-4-5-19-7-9(15)6-11(16)17/h9H,3-7H2,1-2H3,(H,16,17). The van der Waals surface area contributed by atoms with Crippen LogP contribution in [-0.4, -0.2) is 51.0 Å². The molecule has 0 aliphatic carbocycles. The maximum absolute atomic E-state index is 12.6. The largest absolute Gasteiger partial charge is 0.481 e. The van der Waals surface area contributed by atoms with E-state index in [-0.39, 0.29) is 18.4 Å². The molecule has 0 bridgehead atoms. The van der Waals surface area contributed by atoms with Crippen molar-refractivity contribution in [3.8, 4) is 0 Å². The molecule has 1 aliphatic heterocycles. The molecule has 110 valence electrons. The molecule has 1 saturated heterocycles. The number of aryl methyl sites for hydroxylation is 2. The maximum Gasteiger partial charge on any atom is 0.305 e. The molecule has 1 aromatic rings. The van der Waals surface area contributed by atoms with Gasteiger partial charge in [-0.05, 0) is 13.3 Å². The number of nitrogens with zero attached hydrogens (tertiary/aromatic N) is 2. The first-order valence-electron chi connectivity index (χ1n) is 6.59.